The Balaban J connectivity index is 2.78. The Hall–Kier alpha value is -1.10. The van der Waals surface area contributed by atoms with Crippen molar-refractivity contribution in [2.75, 3.05) is 6.26 Å². The molecule has 2 aromatic rings. The SMILES string of the molecule is CSc1nncc2[nH]c(C)nc12. The molecule has 0 spiro atoms. The van der Waals surface area contributed by atoms with Crippen LogP contribution in [0.15, 0.2) is 11.2 Å². The van der Waals surface area contributed by atoms with E-state index < -0.39 is 0 Å². The minimum Gasteiger partial charge on any atom is -0.341 e. The zero-order valence-corrected chi connectivity index (χ0v) is 7.64. The lowest BCUT2D eigenvalue weighted by molar-refractivity contribution is 0.951. The van der Waals surface area contributed by atoms with E-state index in [2.05, 4.69) is 20.2 Å². The number of nitrogens with one attached hydrogen (secondary N) is 1. The minimum atomic E-state index is 0.872. The van der Waals surface area contributed by atoms with Crippen molar-refractivity contribution >= 4 is 22.8 Å². The van der Waals surface area contributed by atoms with E-state index in [0.717, 1.165) is 21.9 Å². The molecule has 12 heavy (non-hydrogen) atoms. The van der Waals surface area contributed by atoms with Gasteiger partial charge in [0.25, 0.3) is 0 Å². The number of hydrogen-bond acceptors (Lipinski definition) is 4. The largest absolute Gasteiger partial charge is 0.341 e. The van der Waals surface area contributed by atoms with Crippen LogP contribution in [0, 0.1) is 6.92 Å². The first-order valence-electron chi connectivity index (χ1n) is 3.53. The van der Waals surface area contributed by atoms with Gasteiger partial charge in [0, 0.05) is 0 Å². The molecule has 0 unspecified atom stereocenters. The summed E-state index contributed by atoms with van der Waals surface area (Å²) >= 11 is 1.56. The number of thioether (sulfide) groups is 1. The van der Waals surface area contributed by atoms with Crippen LogP contribution in [-0.2, 0) is 0 Å². The molecule has 0 aliphatic carbocycles. The summed E-state index contributed by atoms with van der Waals surface area (Å²) in [6.45, 7) is 1.92. The fraction of sp³-hybridized carbons (Fsp3) is 0.286. The van der Waals surface area contributed by atoms with Gasteiger partial charge in [-0.3, -0.25) is 0 Å². The molecule has 0 saturated heterocycles. The number of imidazole rings is 1. The maximum atomic E-state index is 4.31. The minimum absolute atomic E-state index is 0.872. The number of aromatic amines is 1. The molecule has 0 saturated carbocycles. The van der Waals surface area contributed by atoms with Gasteiger partial charge in [-0.2, -0.15) is 5.10 Å². The van der Waals surface area contributed by atoms with E-state index in [1.165, 1.54) is 0 Å². The summed E-state index contributed by atoms with van der Waals surface area (Å²) in [6.07, 6.45) is 3.66. The monoisotopic (exact) mass is 180 g/mol. The average Bonchev–Trinajstić information content (AvgIpc) is 2.44. The van der Waals surface area contributed by atoms with E-state index in [1.807, 2.05) is 13.2 Å². The molecule has 0 radical (unpaired) electrons. The van der Waals surface area contributed by atoms with Gasteiger partial charge in [0.15, 0.2) is 0 Å². The first-order valence-corrected chi connectivity index (χ1v) is 4.75. The Kier molecular flexibility index (Phi) is 1.73. The normalized spacial score (nSPS) is 10.8. The summed E-state index contributed by atoms with van der Waals surface area (Å²) in [5.74, 6) is 0.898. The van der Waals surface area contributed by atoms with Gasteiger partial charge in [0.2, 0.25) is 0 Å². The van der Waals surface area contributed by atoms with Crippen LogP contribution in [-0.4, -0.2) is 26.4 Å². The second-order valence-corrected chi connectivity index (χ2v) is 3.23. The van der Waals surface area contributed by atoms with Gasteiger partial charge in [0.05, 0.1) is 11.7 Å². The Morgan fingerprint density at radius 3 is 3.08 bits per heavy atom. The quantitative estimate of drug-likeness (QED) is 0.674. The number of aryl methyl sites for hydroxylation is 1. The van der Waals surface area contributed by atoms with Crippen LogP contribution in [0.1, 0.15) is 5.82 Å². The van der Waals surface area contributed by atoms with Crippen molar-refractivity contribution in [3.05, 3.63) is 12.0 Å². The number of hydrogen-bond donors (Lipinski definition) is 1. The maximum Gasteiger partial charge on any atom is 0.146 e. The molecule has 2 heterocycles. The van der Waals surface area contributed by atoms with E-state index in [1.54, 1.807) is 18.0 Å². The molecule has 0 fully saturated rings. The smallest absolute Gasteiger partial charge is 0.146 e. The fourth-order valence-electron chi connectivity index (χ4n) is 1.09. The van der Waals surface area contributed by atoms with Gasteiger partial charge in [-0.25, -0.2) is 4.98 Å². The van der Waals surface area contributed by atoms with Crippen molar-refractivity contribution in [3.63, 3.8) is 0 Å². The van der Waals surface area contributed by atoms with Crippen LogP contribution in [0.2, 0.25) is 0 Å². The summed E-state index contributed by atoms with van der Waals surface area (Å²) in [7, 11) is 0. The van der Waals surface area contributed by atoms with Crippen molar-refractivity contribution in [2.45, 2.75) is 11.9 Å². The molecule has 0 atom stereocenters. The zero-order chi connectivity index (χ0) is 8.55. The van der Waals surface area contributed by atoms with Crippen LogP contribution >= 0.6 is 11.8 Å². The third-order valence-corrected chi connectivity index (χ3v) is 2.24. The lowest BCUT2D eigenvalue weighted by atomic mass is 10.5. The van der Waals surface area contributed by atoms with Crippen LogP contribution in [0.3, 0.4) is 0 Å². The van der Waals surface area contributed by atoms with Crippen molar-refractivity contribution in [3.8, 4) is 0 Å². The molecule has 1 N–H and O–H groups in total. The Morgan fingerprint density at radius 1 is 1.50 bits per heavy atom. The zero-order valence-electron chi connectivity index (χ0n) is 6.83. The molecule has 62 valence electrons. The second kappa shape index (κ2) is 2.75. The van der Waals surface area contributed by atoms with Crippen molar-refractivity contribution in [1.82, 2.24) is 20.2 Å². The predicted octanol–water partition coefficient (Wildman–Crippen LogP) is 1.38. The molecule has 5 heteroatoms. The average molecular weight is 180 g/mol. The predicted molar refractivity (Wildman–Crippen MR) is 48.2 cm³/mol. The Bertz CT molecular complexity index is 409. The highest BCUT2D eigenvalue weighted by Crippen LogP contribution is 2.20. The molecule has 4 nitrogen and oxygen atoms in total. The van der Waals surface area contributed by atoms with E-state index in [9.17, 15) is 0 Å². The summed E-state index contributed by atoms with van der Waals surface area (Å²) in [6, 6.07) is 0. The highest BCUT2D eigenvalue weighted by Gasteiger charge is 2.05. The summed E-state index contributed by atoms with van der Waals surface area (Å²) in [4.78, 5) is 7.41. The molecule has 0 amide bonds. The van der Waals surface area contributed by atoms with Crippen molar-refractivity contribution in [1.29, 1.82) is 0 Å². The van der Waals surface area contributed by atoms with Gasteiger partial charge >= 0.3 is 0 Å². The number of fused-ring (bicyclic) bond motifs is 1. The van der Waals surface area contributed by atoms with Gasteiger partial charge in [0.1, 0.15) is 16.4 Å². The molecular formula is C7H8N4S. The molecule has 2 rings (SSSR count). The second-order valence-electron chi connectivity index (χ2n) is 2.44. The Morgan fingerprint density at radius 2 is 2.33 bits per heavy atom. The molecule has 0 aromatic carbocycles. The lowest BCUT2D eigenvalue weighted by Gasteiger charge is -1.92. The standard InChI is InChI=1S/C7H8N4S/c1-4-9-5-3-8-11-7(12-2)6(5)10-4/h3H,1-2H3,(H,9,10). The number of nitrogens with zero attached hydrogens (tertiary/aromatic N) is 3. The highest BCUT2D eigenvalue weighted by atomic mass is 32.2. The van der Waals surface area contributed by atoms with E-state index in [-0.39, 0.29) is 0 Å². The van der Waals surface area contributed by atoms with E-state index in [0.29, 0.717) is 0 Å². The molecular weight excluding hydrogens is 172 g/mol. The van der Waals surface area contributed by atoms with Crippen LogP contribution < -0.4 is 0 Å². The third-order valence-electron chi connectivity index (χ3n) is 1.58. The van der Waals surface area contributed by atoms with Gasteiger partial charge in [-0.1, -0.05) is 0 Å². The van der Waals surface area contributed by atoms with Crippen molar-refractivity contribution < 1.29 is 0 Å². The highest BCUT2D eigenvalue weighted by molar-refractivity contribution is 7.98. The summed E-state index contributed by atoms with van der Waals surface area (Å²) < 4.78 is 0. The van der Waals surface area contributed by atoms with Crippen molar-refractivity contribution in [2.24, 2.45) is 0 Å². The van der Waals surface area contributed by atoms with Gasteiger partial charge < -0.3 is 4.98 Å². The molecule has 0 bridgehead atoms. The first-order chi connectivity index (χ1) is 5.81. The molecule has 0 aliphatic heterocycles. The maximum absolute atomic E-state index is 4.31. The van der Waals surface area contributed by atoms with Crippen LogP contribution in [0.5, 0.6) is 0 Å². The van der Waals surface area contributed by atoms with Gasteiger partial charge in [-0.05, 0) is 13.2 Å². The molecule has 2 aromatic heterocycles. The van der Waals surface area contributed by atoms with E-state index >= 15 is 0 Å². The van der Waals surface area contributed by atoms with Crippen LogP contribution in [0.25, 0.3) is 11.0 Å². The number of aromatic nitrogens is 4. The number of rotatable bonds is 1. The lowest BCUT2D eigenvalue weighted by Crippen LogP contribution is -1.84. The fourth-order valence-corrected chi connectivity index (χ4v) is 1.57. The van der Waals surface area contributed by atoms with Crippen LogP contribution in [0.4, 0.5) is 0 Å². The Labute approximate surface area is 73.8 Å². The van der Waals surface area contributed by atoms with E-state index in [4.69, 9.17) is 0 Å². The summed E-state index contributed by atoms with van der Waals surface area (Å²) in [5.41, 5.74) is 1.86. The topological polar surface area (TPSA) is 54.5 Å². The molecule has 0 aliphatic rings. The third kappa shape index (κ3) is 1.06. The van der Waals surface area contributed by atoms with Gasteiger partial charge in [-0.15, -0.1) is 16.9 Å². The summed E-state index contributed by atoms with van der Waals surface area (Å²) in [5, 5.41) is 8.70. The number of H-pyrrole nitrogens is 1. The first kappa shape index (κ1) is 7.54.